The molecule has 3 N–H and O–H groups in total. The van der Waals surface area contributed by atoms with Crippen molar-refractivity contribution in [1.82, 2.24) is 5.16 Å². The van der Waals surface area contributed by atoms with Crippen LogP contribution < -0.4 is 15.8 Å². The first kappa shape index (κ1) is 15.9. The number of nitrogen functional groups attached to an aromatic ring is 1. The van der Waals surface area contributed by atoms with Crippen LogP contribution in [0.4, 0.5) is 20.4 Å². The largest absolute Gasteiger partial charge is 0.433 e. The Labute approximate surface area is 138 Å². The van der Waals surface area contributed by atoms with Crippen molar-refractivity contribution in [2.24, 2.45) is 0 Å². The zero-order valence-electron chi connectivity index (χ0n) is 12.0. The molecule has 0 saturated heterocycles. The number of halogens is 2. The molecule has 9 heteroatoms. The fraction of sp³-hybridized carbons (Fsp3) is 0.0667. The van der Waals surface area contributed by atoms with E-state index in [1.54, 1.807) is 17.5 Å². The number of hydrogen-bond donors (Lipinski definition) is 2. The van der Waals surface area contributed by atoms with Gasteiger partial charge in [0.05, 0.1) is 5.69 Å². The molecule has 0 atom stereocenters. The highest BCUT2D eigenvalue weighted by Gasteiger charge is 2.24. The van der Waals surface area contributed by atoms with E-state index in [2.05, 4.69) is 15.2 Å². The van der Waals surface area contributed by atoms with Gasteiger partial charge in [0.15, 0.2) is 0 Å². The molecular formula is C15H11F2N3O3S. The highest BCUT2D eigenvalue weighted by atomic mass is 32.1. The standard InChI is InChI=1S/C15H11F2N3O3S/c16-15(17)22-10-4-2-1-3-9(10)19-14(21)11-12(20-23-13(11)18)8-5-6-24-7-8/h1-7,15H,18H2,(H,19,21). The Balaban J connectivity index is 1.91. The number of ether oxygens (including phenoxy) is 1. The van der Waals surface area contributed by atoms with Gasteiger partial charge in [-0.1, -0.05) is 17.3 Å². The van der Waals surface area contributed by atoms with E-state index in [0.717, 1.165) is 0 Å². The highest BCUT2D eigenvalue weighted by molar-refractivity contribution is 7.08. The number of nitrogens with two attached hydrogens (primary N) is 1. The molecule has 0 unspecified atom stereocenters. The lowest BCUT2D eigenvalue weighted by Crippen LogP contribution is -2.15. The number of alkyl halides is 2. The maximum atomic E-state index is 12.5. The minimum Gasteiger partial charge on any atom is -0.433 e. The summed E-state index contributed by atoms with van der Waals surface area (Å²) in [5, 5.41) is 9.87. The van der Waals surface area contributed by atoms with E-state index in [1.165, 1.54) is 29.5 Å². The SMILES string of the molecule is Nc1onc(-c2ccsc2)c1C(=O)Nc1ccccc1OC(F)F. The second kappa shape index (κ2) is 6.67. The number of thiophene rings is 1. The Morgan fingerprint density at radius 1 is 1.33 bits per heavy atom. The van der Waals surface area contributed by atoms with Crippen molar-refractivity contribution < 1.29 is 22.8 Å². The lowest BCUT2D eigenvalue weighted by Gasteiger charge is -2.11. The van der Waals surface area contributed by atoms with Gasteiger partial charge in [-0.05, 0) is 23.6 Å². The summed E-state index contributed by atoms with van der Waals surface area (Å²) in [5.74, 6) is -0.964. The molecule has 2 heterocycles. The van der Waals surface area contributed by atoms with Gasteiger partial charge in [0.2, 0.25) is 5.88 Å². The Morgan fingerprint density at radius 3 is 2.83 bits per heavy atom. The molecule has 0 fully saturated rings. The summed E-state index contributed by atoms with van der Waals surface area (Å²) in [6, 6.07) is 7.59. The number of carbonyl (C=O) groups excluding carboxylic acids is 1. The summed E-state index contributed by atoms with van der Waals surface area (Å²) >= 11 is 1.42. The monoisotopic (exact) mass is 351 g/mol. The average Bonchev–Trinajstić information content (AvgIpc) is 3.17. The summed E-state index contributed by atoms with van der Waals surface area (Å²) in [4.78, 5) is 12.5. The van der Waals surface area contributed by atoms with Crippen LogP contribution in [0.3, 0.4) is 0 Å². The smallest absolute Gasteiger partial charge is 0.387 e. The van der Waals surface area contributed by atoms with Crippen LogP contribution in [-0.2, 0) is 0 Å². The van der Waals surface area contributed by atoms with Gasteiger partial charge in [0.25, 0.3) is 5.91 Å². The number of amides is 1. The van der Waals surface area contributed by atoms with E-state index >= 15 is 0 Å². The molecule has 2 aromatic heterocycles. The maximum Gasteiger partial charge on any atom is 0.387 e. The van der Waals surface area contributed by atoms with Crippen molar-refractivity contribution in [3.63, 3.8) is 0 Å². The van der Waals surface area contributed by atoms with Crippen LogP contribution in [0.25, 0.3) is 11.3 Å². The number of nitrogens with zero attached hydrogens (tertiary/aromatic N) is 1. The zero-order chi connectivity index (χ0) is 17.1. The first-order chi connectivity index (χ1) is 11.6. The van der Waals surface area contributed by atoms with Crippen LogP contribution in [0, 0.1) is 0 Å². The van der Waals surface area contributed by atoms with Gasteiger partial charge in [0.1, 0.15) is 17.0 Å². The van der Waals surface area contributed by atoms with E-state index in [1.807, 2.05) is 5.38 Å². The molecule has 0 radical (unpaired) electrons. The number of carbonyl (C=O) groups is 1. The van der Waals surface area contributed by atoms with Crippen molar-refractivity contribution in [2.75, 3.05) is 11.1 Å². The molecule has 1 aromatic carbocycles. The van der Waals surface area contributed by atoms with Crippen LogP contribution in [0.5, 0.6) is 5.75 Å². The predicted molar refractivity (Wildman–Crippen MR) is 85.3 cm³/mol. The molecule has 0 spiro atoms. The molecule has 3 rings (SSSR count). The molecule has 0 aliphatic rings. The number of nitrogens with one attached hydrogen (secondary N) is 1. The fourth-order valence-electron chi connectivity index (χ4n) is 2.07. The molecule has 24 heavy (non-hydrogen) atoms. The van der Waals surface area contributed by atoms with Gasteiger partial charge >= 0.3 is 6.61 Å². The second-order valence-corrected chi connectivity index (χ2v) is 5.39. The molecule has 1 amide bonds. The molecular weight excluding hydrogens is 340 g/mol. The van der Waals surface area contributed by atoms with Gasteiger partial charge in [-0.15, -0.1) is 0 Å². The molecule has 124 valence electrons. The van der Waals surface area contributed by atoms with Crippen LogP contribution in [-0.4, -0.2) is 17.7 Å². The number of para-hydroxylation sites is 2. The van der Waals surface area contributed by atoms with E-state index in [4.69, 9.17) is 10.3 Å². The molecule has 0 bridgehead atoms. The van der Waals surface area contributed by atoms with Crippen molar-refractivity contribution in [2.45, 2.75) is 6.61 Å². The number of hydrogen-bond acceptors (Lipinski definition) is 6. The Morgan fingerprint density at radius 2 is 2.12 bits per heavy atom. The third-order valence-corrected chi connectivity index (χ3v) is 3.77. The number of anilines is 2. The van der Waals surface area contributed by atoms with E-state index in [9.17, 15) is 13.6 Å². The molecule has 6 nitrogen and oxygen atoms in total. The lowest BCUT2D eigenvalue weighted by molar-refractivity contribution is -0.0493. The van der Waals surface area contributed by atoms with Crippen molar-refractivity contribution in [3.05, 3.63) is 46.7 Å². The fourth-order valence-corrected chi connectivity index (χ4v) is 2.71. The first-order valence-electron chi connectivity index (χ1n) is 6.69. The van der Waals surface area contributed by atoms with Crippen LogP contribution in [0.1, 0.15) is 10.4 Å². The van der Waals surface area contributed by atoms with Gasteiger partial charge < -0.3 is 20.3 Å². The van der Waals surface area contributed by atoms with Gasteiger partial charge in [-0.3, -0.25) is 4.79 Å². The predicted octanol–water partition coefficient (Wildman–Crippen LogP) is 3.84. The van der Waals surface area contributed by atoms with E-state index in [0.29, 0.717) is 5.56 Å². The van der Waals surface area contributed by atoms with Crippen molar-refractivity contribution in [1.29, 1.82) is 0 Å². The van der Waals surface area contributed by atoms with Crippen molar-refractivity contribution in [3.8, 4) is 17.0 Å². The molecule has 0 saturated carbocycles. The zero-order valence-corrected chi connectivity index (χ0v) is 12.8. The van der Waals surface area contributed by atoms with Crippen LogP contribution in [0.2, 0.25) is 0 Å². The molecule has 3 aromatic rings. The highest BCUT2D eigenvalue weighted by Crippen LogP contribution is 2.31. The minimum absolute atomic E-state index is 0.0280. The third-order valence-electron chi connectivity index (χ3n) is 3.09. The quantitative estimate of drug-likeness (QED) is 0.729. The number of rotatable bonds is 5. The molecule has 0 aliphatic heterocycles. The summed E-state index contributed by atoms with van der Waals surface area (Å²) in [5.41, 5.74) is 6.74. The topological polar surface area (TPSA) is 90.4 Å². The normalized spacial score (nSPS) is 10.8. The maximum absolute atomic E-state index is 12.5. The Hall–Kier alpha value is -2.94. The third kappa shape index (κ3) is 3.20. The number of benzene rings is 1. The molecule has 0 aliphatic carbocycles. The van der Waals surface area contributed by atoms with Crippen LogP contribution >= 0.6 is 11.3 Å². The minimum atomic E-state index is -3.01. The van der Waals surface area contributed by atoms with Gasteiger partial charge in [0, 0.05) is 10.9 Å². The number of aromatic nitrogens is 1. The average molecular weight is 351 g/mol. The van der Waals surface area contributed by atoms with E-state index in [-0.39, 0.29) is 28.6 Å². The van der Waals surface area contributed by atoms with Gasteiger partial charge in [-0.2, -0.15) is 20.1 Å². The van der Waals surface area contributed by atoms with E-state index < -0.39 is 12.5 Å². The summed E-state index contributed by atoms with van der Waals surface area (Å²) in [6.07, 6.45) is 0. The van der Waals surface area contributed by atoms with Gasteiger partial charge in [-0.25, -0.2) is 0 Å². The van der Waals surface area contributed by atoms with Crippen LogP contribution in [0.15, 0.2) is 45.6 Å². The lowest BCUT2D eigenvalue weighted by atomic mass is 10.1. The summed E-state index contributed by atoms with van der Waals surface area (Å²) in [7, 11) is 0. The Kier molecular flexibility index (Phi) is 4.43. The second-order valence-electron chi connectivity index (χ2n) is 4.61. The first-order valence-corrected chi connectivity index (χ1v) is 7.63. The summed E-state index contributed by atoms with van der Waals surface area (Å²) < 4.78 is 34.2. The van der Waals surface area contributed by atoms with Crippen molar-refractivity contribution >= 4 is 28.8 Å². The summed E-state index contributed by atoms with van der Waals surface area (Å²) in [6.45, 7) is -3.01. The Bertz CT molecular complexity index is 850.